The summed E-state index contributed by atoms with van der Waals surface area (Å²) >= 11 is 0. The van der Waals surface area contributed by atoms with E-state index in [1.165, 1.54) is 0 Å². The lowest BCUT2D eigenvalue weighted by atomic mass is 9.91. The first-order chi connectivity index (χ1) is 11.5. The van der Waals surface area contributed by atoms with Crippen LogP contribution in [0.25, 0.3) is 0 Å². The number of ether oxygens (including phenoxy) is 2. The highest BCUT2D eigenvalue weighted by atomic mass is 16.5. The van der Waals surface area contributed by atoms with Crippen molar-refractivity contribution < 1.29 is 19.4 Å². The molecule has 1 aromatic rings. The highest BCUT2D eigenvalue weighted by Gasteiger charge is 2.19. The predicted molar refractivity (Wildman–Crippen MR) is 95.7 cm³/mol. The number of benzene rings is 1. The first-order valence-electron chi connectivity index (χ1n) is 8.83. The fourth-order valence-electron chi connectivity index (χ4n) is 2.90. The fraction of sp³-hybridized carbons (Fsp3) is 0.632. The van der Waals surface area contributed by atoms with Crippen LogP contribution in [0.4, 0.5) is 0 Å². The molecule has 5 heteroatoms. The Morgan fingerprint density at radius 1 is 1.21 bits per heavy atom. The number of rotatable bonds is 12. The Hall–Kier alpha value is -1.75. The van der Waals surface area contributed by atoms with E-state index in [0.717, 1.165) is 36.3 Å². The minimum atomic E-state index is -0.801. The van der Waals surface area contributed by atoms with Crippen molar-refractivity contribution in [1.82, 2.24) is 0 Å². The van der Waals surface area contributed by atoms with Crippen molar-refractivity contribution in [3.05, 3.63) is 23.8 Å². The van der Waals surface area contributed by atoms with E-state index in [4.69, 9.17) is 20.3 Å². The molecule has 0 fully saturated rings. The summed E-state index contributed by atoms with van der Waals surface area (Å²) in [5.74, 6) is 0.826. The first kappa shape index (κ1) is 20.3. The Bertz CT molecular complexity index is 480. The first-order valence-corrected chi connectivity index (χ1v) is 8.83. The van der Waals surface area contributed by atoms with Gasteiger partial charge in [0.15, 0.2) is 0 Å². The van der Waals surface area contributed by atoms with Gasteiger partial charge >= 0.3 is 5.97 Å². The summed E-state index contributed by atoms with van der Waals surface area (Å²) in [5, 5.41) is 9.10. The molecular weight excluding hydrogens is 306 g/mol. The van der Waals surface area contributed by atoms with Crippen LogP contribution in [0.1, 0.15) is 45.6 Å². The zero-order valence-electron chi connectivity index (χ0n) is 15.1. The van der Waals surface area contributed by atoms with E-state index < -0.39 is 11.9 Å². The van der Waals surface area contributed by atoms with Crippen LogP contribution in [-0.4, -0.2) is 30.8 Å². The minimum absolute atomic E-state index is 0.196. The minimum Gasteiger partial charge on any atom is -0.493 e. The molecule has 0 heterocycles. The Morgan fingerprint density at radius 3 is 2.25 bits per heavy atom. The molecule has 0 saturated heterocycles. The number of carboxylic acid groups (broad SMARTS) is 1. The molecule has 0 aliphatic heterocycles. The molecule has 0 radical (unpaired) electrons. The molecule has 2 atom stereocenters. The molecule has 1 aromatic carbocycles. The summed E-state index contributed by atoms with van der Waals surface area (Å²) in [6, 6.07) is 5.89. The Balaban J connectivity index is 2.64. The summed E-state index contributed by atoms with van der Waals surface area (Å²) in [6.45, 7) is 7.46. The second-order valence-corrected chi connectivity index (χ2v) is 6.10. The molecule has 5 nitrogen and oxygen atoms in total. The Labute approximate surface area is 145 Å². The number of carbonyl (C=O) groups is 1. The molecular formula is C19H31NO4. The summed E-state index contributed by atoms with van der Waals surface area (Å²) < 4.78 is 11.4. The lowest BCUT2D eigenvalue weighted by Crippen LogP contribution is -2.25. The lowest BCUT2D eigenvalue weighted by molar-refractivity contribution is -0.141. The average molecular weight is 337 g/mol. The van der Waals surface area contributed by atoms with Crippen LogP contribution in [0.15, 0.2) is 18.2 Å². The maximum Gasteiger partial charge on any atom is 0.307 e. The molecule has 0 aliphatic rings. The summed E-state index contributed by atoms with van der Waals surface area (Å²) in [5.41, 5.74) is 6.63. The predicted octanol–water partition coefficient (Wildman–Crippen LogP) is 3.49. The SMILES string of the molecule is CCOc1cccc(OCC)c1CCCC(C)CC(CN)C(=O)O. The van der Waals surface area contributed by atoms with Gasteiger partial charge in [0, 0.05) is 12.1 Å². The van der Waals surface area contributed by atoms with Gasteiger partial charge in [0.25, 0.3) is 0 Å². The van der Waals surface area contributed by atoms with Gasteiger partial charge in [-0.1, -0.05) is 19.4 Å². The van der Waals surface area contributed by atoms with Crippen LogP contribution in [-0.2, 0) is 11.2 Å². The van der Waals surface area contributed by atoms with E-state index in [1.807, 2.05) is 32.0 Å². The third-order valence-corrected chi connectivity index (χ3v) is 4.13. The van der Waals surface area contributed by atoms with Gasteiger partial charge in [-0.05, 0) is 51.2 Å². The molecule has 0 aromatic heterocycles. The zero-order valence-corrected chi connectivity index (χ0v) is 15.1. The van der Waals surface area contributed by atoms with Crippen molar-refractivity contribution in [2.24, 2.45) is 17.6 Å². The number of hydrogen-bond acceptors (Lipinski definition) is 4. The van der Waals surface area contributed by atoms with Crippen LogP contribution in [0.5, 0.6) is 11.5 Å². The third kappa shape index (κ3) is 6.40. The molecule has 2 unspecified atom stereocenters. The number of hydrogen-bond donors (Lipinski definition) is 2. The van der Waals surface area contributed by atoms with Crippen LogP contribution < -0.4 is 15.2 Å². The van der Waals surface area contributed by atoms with E-state index in [0.29, 0.717) is 25.6 Å². The Morgan fingerprint density at radius 2 is 1.79 bits per heavy atom. The Kier molecular flexibility index (Phi) is 9.23. The summed E-state index contributed by atoms with van der Waals surface area (Å²) in [7, 11) is 0. The summed E-state index contributed by atoms with van der Waals surface area (Å²) in [4.78, 5) is 11.1. The van der Waals surface area contributed by atoms with E-state index in [1.54, 1.807) is 0 Å². The van der Waals surface area contributed by atoms with Crippen LogP contribution in [0.3, 0.4) is 0 Å². The van der Waals surface area contributed by atoms with Crippen LogP contribution in [0.2, 0.25) is 0 Å². The topological polar surface area (TPSA) is 81.8 Å². The van der Waals surface area contributed by atoms with Gasteiger partial charge < -0.3 is 20.3 Å². The van der Waals surface area contributed by atoms with E-state index in [9.17, 15) is 4.79 Å². The van der Waals surface area contributed by atoms with Gasteiger partial charge in [0.05, 0.1) is 19.1 Å². The van der Waals surface area contributed by atoms with E-state index >= 15 is 0 Å². The average Bonchev–Trinajstić information content (AvgIpc) is 2.55. The fourth-order valence-corrected chi connectivity index (χ4v) is 2.90. The molecule has 24 heavy (non-hydrogen) atoms. The van der Waals surface area contributed by atoms with Crippen molar-refractivity contribution in [1.29, 1.82) is 0 Å². The van der Waals surface area contributed by atoms with Gasteiger partial charge in [-0.2, -0.15) is 0 Å². The number of aliphatic carboxylic acids is 1. The van der Waals surface area contributed by atoms with Crippen LogP contribution >= 0.6 is 0 Å². The van der Waals surface area contributed by atoms with Crippen molar-refractivity contribution in [3.63, 3.8) is 0 Å². The van der Waals surface area contributed by atoms with Gasteiger partial charge in [0.2, 0.25) is 0 Å². The number of nitrogens with two attached hydrogens (primary N) is 1. The van der Waals surface area contributed by atoms with Gasteiger partial charge in [-0.3, -0.25) is 4.79 Å². The largest absolute Gasteiger partial charge is 0.493 e. The highest BCUT2D eigenvalue weighted by molar-refractivity contribution is 5.70. The second-order valence-electron chi connectivity index (χ2n) is 6.10. The quantitative estimate of drug-likeness (QED) is 0.610. The molecule has 0 spiro atoms. The second kappa shape index (κ2) is 10.9. The standard InChI is InChI=1S/C19H31NO4/c1-4-23-17-10-7-11-18(24-5-2)16(17)9-6-8-14(3)12-15(13-20)19(21)22/h7,10-11,14-15H,4-6,8-9,12-13,20H2,1-3H3,(H,21,22). The maximum atomic E-state index is 11.1. The van der Waals surface area contributed by atoms with Crippen molar-refractivity contribution in [2.75, 3.05) is 19.8 Å². The van der Waals surface area contributed by atoms with Crippen LogP contribution in [0, 0.1) is 11.8 Å². The molecule has 0 bridgehead atoms. The zero-order chi connectivity index (χ0) is 17.9. The lowest BCUT2D eigenvalue weighted by Gasteiger charge is -2.18. The van der Waals surface area contributed by atoms with Crippen molar-refractivity contribution in [2.45, 2.75) is 46.5 Å². The molecule has 0 amide bonds. The third-order valence-electron chi connectivity index (χ3n) is 4.13. The van der Waals surface area contributed by atoms with Gasteiger partial charge in [-0.25, -0.2) is 0 Å². The smallest absolute Gasteiger partial charge is 0.307 e. The van der Waals surface area contributed by atoms with Crippen molar-refractivity contribution in [3.8, 4) is 11.5 Å². The molecule has 0 aliphatic carbocycles. The molecule has 0 saturated carbocycles. The summed E-state index contributed by atoms with van der Waals surface area (Å²) in [6.07, 6.45) is 3.39. The van der Waals surface area contributed by atoms with Gasteiger partial charge in [-0.15, -0.1) is 0 Å². The normalized spacial score (nSPS) is 13.3. The van der Waals surface area contributed by atoms with Gasteiger partial charge in [0.1, 0.15) is 11.5 Å². The number of carboxylic acids is 1. The maximum absolute atomic E-state index is 11.1. The highest BCUT2D eigenvalue weighted by Crippen LogP contribution is 2.31. The molecule has 136 valence electrons. The molecule has 3 N–H and O–H groups in total. The van der Waals surface area contributed by atoms with Crippen molar-refractivity contribution >= 4 is 5.97 Å². The van der Waals surface area contributed by atoms with E-state index in [2.05, 4.69) is 6.92 Å². The molecule has 1 rings (SSSR count). The monoisotopic (exact) mass is 337 g/mol. The van der Waals surface area contributed by atoms with E-state index in [-0.39, 0.29) is 6.54 Å².